The summed E-state index contributed by atoms with van der Waals surface area (Å²) >= 11 is 0. The average molecular weight is 156 g/mol. The van der Waals surface area contributed by atoms with Gasteiger partial charge in [0.05, 0.1) is 6.42 Å². The first kappa shape index (κ1) is 10.1. The second-order valence-corrected chi connectivity index (χ2v) is 2.52. The van der Waals surface area contributed by atoms with Crippen LogP contribution in [-0.4, -0.2) is 29.6 Å². The van der Waals surface area contributed by atoms with Crippen LogP contribution in [0, 0.1) is 5.41 Å². The molecular weight excluding hydrogens is 140 g/mol. The summed E-state index contributed by atoms with van der Waals surface area (Å²) in [7, 11) is 0. The maximum Gasteiger partial charge on any atom is 0.228 e. The normalized spacial score (nSPS) is 9.36. The molecule has 0 atom stereocenters. The maximum atomic E-state index is 11.2. The van der Waals surface area contributed by atoms with Gasteiger partial charge in [0.1, 0.15) is 0 Å². The van der Waals surface area contributed by atoms with Crippen LogP contribution in [0.3, 0.4) is 0 Å². The minimum absolute atomic E-state index is 0.0579. The number of nitrogens with one attached hydrogen (secondary N) is 1. The summed E-state index contributed by atoms with van der Waals surface area (Å²) in [6.45, 7) is 7.02. The van der Waals surface area contributed by atoms with Crippen molar-refractivity contribution in [3.63, 3.8) is 0 Å². The van der Waals surface area contributed by atoms with Crippen LogP contribution in [0.2, 0.25) is 0 Å². The maximum absolute atomic E-state index is 11.2. The van der Waals surface area contributed by atoms with Crippen molar-refractivity contribution in [2.75, 3.05) is 13.1 Å². The molecule has 0 aliphatic heterocycles. The van der Waals surface area contributed by atoms with E-state index in [0.29, 0.717) is 5.71 Å². The lowest BCUT2D eigenvalue weighted by molar-refractivity contribution is -0.129. The van der Waals surface area contributed by atoms with Crippen LogP contribution in [0.5, 0.6) is 0 Å². The Labute approximate surface area is 67.9 Å². The van der Waals surface area contributed by atoms with Gasteiger partial charge in [-0.1, -0.05) is 0 Å². The third-order valence-electron chi connectivity index (χ3n) is 1.53. The van der Waals surface area contributed by atoms with Gasteiger partial charge >= 0.3 is 0 Å². The van der Waals surface area contributed by atoms with Crippen molar-refractivity contribution in [2.45, 2.75) is 27.2 Å². The Morgan fingerprint density at radius 3 is 2.09 bits per heavy atom. The smallest absolute Gasteiger partial charge is 0.228 e. The molecule has 0 aromatic carbocycles. The second-order valence-electron chi connectivity index (χ2n) is 2.52. The Morgan fingerprint density at radius 1 is 1.36 bits per heavy atom. The number of hydrogen-bond acceptors (Lipinski definition) is 2. The van der Waals surface area contributed by atoms with E-state index in [1.54, 1.807) is 11.8 Å². The molecule has 0 spiro atoms. The fourth-order valence-electron chi connectivity index (χ4n) is 0.915. The van der Waals surface area contributed by atoms with Crippen LogP contribution in [0.4, 0.5) is 0 Å². The second kappa shape index (κ2) is 4.88. The van der Waals surface area contributed by atoms with Crippen molar-refractivity contribution < 1.29 is 4.79 Å². The zero-order chi connectivity index (χ0) is 8.85. The fourth-order valence-corrected chi connectivity index (χ4v) is 0.915. The van der Waals surface area contributed by atoms with E-state index in [4.69, 9.17) is 5.41 Å². The molecule has 0 heterocycles. The molecule has 3 nitrogen and oxygen atoms in total. The predicted octanol–water partition coefficient (Wildman–Crippen LogP) is 1.28. The lowest BCUT2D eigenvalue weighted by Crippen LogP contribution is -2.31. The molecule has 0 unspecified atom stereocenters. The Kier molecular flexibility index (Phi) is 4.50. The van der Waals surface area contributed by atoms with Crippen molar-refractivity contribution in [1.82, 2.24) is 4.90 Å². The van der Waals surface area contributed by atoms with Gasteiger partial charge in [0, 0.05) is 18.8 Å². The van der Waals surface area contributed by atoms with Gasteiger partial charge in [0.2, 0.25) is 5.91 Å². The highest BCUT2D eigenvalue weighted by Gasteiger charge is 2.08. The Morgan fingerprint density at radius 2 is 1.82 bits per heavy atom. The molecule has 0 saturated carbocycles. The molecule has 0 radical (unpaired) electrons. The average Bonchev–Trinajstić information content (AvgIpc) is 1.88. The van der Waals surface area contributed by atoms with E-state index < -0.39 is 0 Å². The summed E-state index contributed by atoms with van der Waals surface area (Å²) in [5, 5.41) is 7.12. The topological polar surface area (TPSA) is 44.2 Å². The van der Waals surface area contributed by atoms with Crippen LogP contribution < -0.4 is 0 Å². The molecule has 0 aromatic rings. The van der Waals surface area contributed by atoms with E-state index in [-0.39, 0.29) is 12.3 Å². The van der Waals surface area contributed by atoms with Gasteiger partial charge in [-0.15, -0.1) is 0 Å². The molecule has 0 aliphatic carbocycles. The highest BCUT2D eigenvalue weighted by molar-refractivity contribution is 5.98. The lowest BCUT2D eigenvalue weighted by atomic mass is 10.2. The van der Waals surface area contributed by atoms with E-state index in [1.165, 1.54) is 0 Å². The van der Waals surface area contributed by atoms with E-state index in [0.717, 1.165) is 13.1 Å². The monoisotopic (exact) mass is 156 g/mol. The van der Waals surface area contributed by atoms with Crippen molar-refractivity contribution in [3.05, 3.63) is 0 Å². The van der Waals surface area contributed by atoms with E-state index >= 15 is 0 Å². The van der Waals surface area contributed by atoms with Gasteiger partial charge in [-0.2, -0.15) is 0 Å². The molecular formula is C8H16N2O. The van der Waals surface area contributed by atoms with E-state index in [2.05, 4.69) is 0 Å². The molecule has 11 heavy (non-hydrogen) atoms. The van der Waals surface area contributed by atoms with Crippen LogP contribution in [0.25, 0.3) is 0 Å². The highest BCUT2D eigenvalue weighted by Crippen LogP contribution is 1.94. The largest absolute Gasteiger partial charge is 0.343 e. The molecule has 0 aliphatic rings. The number of carbonyl (C=O) groups excluding carboxylic acids is 1. The summed E-state index contributed by atoms with van der Waals surface area (Å²) < 4.78 is 0. The number of hydrogen-bond donors (Lipinski definition) is 1. The van der Waals surface area contributed by atoms with Crippen molar-refractivity contribution in [1.29, 1.82) is 5.41 Å². The standard InChI is InChI=1S/C8H16N2O/c1-4-10(5-2)8(11)6-7(3)9/h9H,4-6H2,1-3H3. The summed E-state index contributed by atoms with van der Waals surface area (Å²) in [5.41, 5.74) is 0.432. The summed E-state index contributed by atoms with van der Waals surface area (Å²) in [5.74, 6) is 0.0579. The molecule has 3 heteroatoms. The van der Waals surface area contributed by atoms with Gasteiger partial charge < -0.3 is 10.3 Å². The number of nitrogens with zero attached hydrogens (tertiary/aromatic N) is 1. The molecule has 0 aromatic heterocycles. The molecule has 0 saturated heterocycles. The molecule has 0 fully saturated rings. The first-order valence-electron chi connectivity index (χ1n) is 3.93. The minimum Gasteiger partial charge on any atom is -0.343 e. The first-order valence-corrected chi connectivity index (χ1v) is 3.93. The SMILES string of the molecule is CCN(CC)C(=O)CC(C)=N. The van der Waals surface area contributed by atoms with Crippen molar-refractivity contribution in [3.8, 4) is 0 Å². The van der Waals surface area contributed by atoms with Gasteiger partial charge in [-0.3, -0.25) is 4.79 Å². The Balaban J connectivity index is 3.89. The van der Waals surface area contributed by atoms with Crippen molar-refractivity contribution in [2.24, 2.45) is 0 Å². The van der Waals surface area contributed by atoms with Crippen LogP contribution >= 0.6 is 0 Å². The van der Waals surface area contributed by atoms with Crippen LogP contribution in [0.1, 0.15) is 27.2 Å². The van der Waals surface area contributed by atoms with Crippen LogP contribution in [-0.2, 0) is 4.79 Å². The third kappa shape index (κ3) is 3.75. The Bertz CT molecular complexity index is 150. The van der Waals surface area contributed by atoms with Gasteiger partial charge in [0.25, 0.3) is 0 Å². The van der Waals surface area contributed by atoms with E-state index in [1.807, 2.05) is 13.8 Å². The first-order chi connectivity index (χ1) is 5.11. The molecule has 1 amide bonds. The molecule has 0 bridgehead atoms. The Hall–Kier alpha value is -0.860. The highest BCUT2D eigenvalue weighted by atomic mass is 16.2. The van der Waals surface area contributed by atoms with Gasteiger partial charge in [-0.25, -0.2) is 0 Å². The quantitative estimate of drug-likeness (QED) is 0.612. The predicted molar refractivity (Wildman–Crippen MR) is 45.9 cm³/mol. The summed E-state index contributed by atoms with van der Waals surface area (Å²) in [6.07, 6.45) is 0.266. The minimum atomic E-state index is 0.0579. The summed E-state index contributed by atoms with van der Waals surface area (Å²) in [6, 6.07) is 0. The summed E-state index contributed by atoms with van der Waals surface area (Å²) in [4.78, 5) is 12.9. The fraction of sp³-hybridized carbons (Fsp3) is 0.750. The number of carbonyl (C=O) groups is 1. The zero-order valence-corrected chi connectivity index (χ0v) is 7.48. The molecule has 0 rings (SSSR count). The zero-order valence-electron chi connectivity index (χ0n) is 7.48. The molecule has 64 valence electrons. The van der Waals surface area contributed by atoms with Gasteiger partial charge in [0.15, 0.2) is 0 Å². The third-order valence-corrected chi connectivity index (χ3v) is 1.53. The number of rotatable bonds is 4. The van der Waals surface area contributed by atoms with Crippen molar-refractivity contribution >= 4 is 11.6 Å². The van der Waals surface area contributed by atoms with E-state index in [9.17, 15) is 4.79 Å². The number of amides is 1. The van der Waals surface area contributed by atoms with Crippen LogP contribution in [0.15, 0.2) is 0 Å². The molecule has 1 N–H and O–H groups in total. The lowest BCUT2D eigenvalue weighted by Gasteiger charge is -2.17. The van der Waals surface area contributed by atoms with Gasteiger partial charge in [-0.05, 0) is 20.8 Å².